The summed E-state index contributed by atoms with van der Waals surface area (Å²) in [5.41, 5.74) is 5.91. The molecule has 1 aromatic heterocycles. The van der Waals surface area contributed by atoms with Crippen LogP contribution in [0.4, 0.5) is 28.8 Å². The van der Waals surface area contributed by atoms with Crippen LogP contribution in [0.3, 0.4) is 0 Å². The highest BCUT2D eigenvalue weighted by atomic mass is 16.2. The maximum absolute atomic E-state index is 12.9. The summed E-state index contributed by atoms with van der Waals surface area (Å²) < 4.78 is 0. The van der Waals surface area contributed by atoms with E-state index in [2.05, 4.69) is 68.5 Å². The molecule has 9 heteroatoms. The zero-order chi connectivity index (χ0) is 37.9. The second-order valence-electron chi connectivity index (χ2n) is 14.0. The highest BCUT2D eigenvalue weighted by molar-refractivity contribution is 6.05. The van der Waals surface area contributed by atoms with E-state index in [0.29, 0.717) is 23.5 Å². The summed E-state index contributed by atoms with van der Waals surface area (Å²) in [4.78, 5) is 38.7. The smallest absolute Gasteiger partial charge is 0.255 e. The molecule has 2 aromatic carbocycles. The zero-order valence-corrected chi connectivity index (χ0v) is 33.1. The minimum absolute atomic E-state index is 0.212. The third-order valence-electron chi connectivity index (χ3n) is 8.91. The van der Waals surface area contributed by atoms with E-state index >= 15 is 0 Å². The van der Waals surface area contributed by atoms with E-state index in [9.17, 15) is 9.59 Å². The van der Waals surface area contributed by atoms with E-state index in [1.54, 1.807) is 30.3 Å². The third kappa shape index (κ3) is 15.9. The highest BCUT2D eigenvalue weighted by Crippen LogP contribution is 2.26. The first-order chi connectivity index (χ1) is 24.2. The normalized spacial score (nSPS) is 13.1. The zero-order valence-electron chi connectivity index (χ0n) is 33.1. The average Bonchev–Trinajstić information content (AvgIpc) is 3.11. The summed E-state index contributed by atoms with van der Waals surface area (Å²) in [5.74, 6) is 2.84. The maximum atomic E-state index is 12.9. The molecule has 1 unspecified atom stereocenters. The molecule has 1 atom stereocenters. The van der Waals surface area contributed by atoms with Gasteiger partial charge in [0.05, 0.1) is 0 Å². The van der Waals surface area contributed by atoms with Gasteiger partial charge in [0.2, 0.25) is 11.9 Å². The molecule has 1 aliphatic heterocycles. The van der Waals surface area contributed by atoms with E-state index in [1.165, 1.54) is 24.5 Å². The summed E-state index contributed by atoms with van der Waals surface area (Å²) >= 11 is 0. The van der Waals surface area contributed by atoms with E-state index in [4.69, 9.17) is 9.97 Å². The molecule has 1 aliphatic rings. The number of allylic oxidation sites excluding steroid dienone is 2. The van der Waals surface area contributed by atoms with Gasteiger partial charge in [0.1, 0.15) is 5.82 Å². The number of likely N-dealkylation sites (N-methyl/N-ethyl adjacent to an activating group) is 1. The number of hydrogen-bond donors (Lipinski definition) is 3. The first-order valence-corrected chi connectivity index (χ1v) is 18.3. The van der Waals surface area contributed by atoms with Crippen molar-refractivity contribution >= 4 is 40.6 Å². The molecule has 1 fully saturated rings. The number of rotatable bonds is 11. The van der Waals surface area contributed by atoms with Gasteiger partial charge in [0, 0.05) is 59.6 Å². The quantitative estimate of drug-likeness (QED) is 0.135. The monoisotopic (exact) mass is 698 g/mol. The molecule has 3 aromatic rings. The van der Waals surface area contributed by atoms with Crippen LogP contribution >= 0.6 is 0 Å². The van der Waals surface area contributed by atoms with Crippen molar-refractivity contribution in [3.63, 3.8) is 0 Å². The highest BCUT2D eigenvalue weighted by Gasteiger charge is 2.17. The molecule has 4 rings (SSSR count). The van der Waals surface area contributed by atoms with Crippen molar-refractivity contribution in [1.82, 2.24) is 14.9 Å². The van der Waals surface area contributed by atoms with Crippen LogP contribution in [0, 0.1) is 25.7 Å². The van der Waals surface area contributed by atoms with Gasteiger partial charge in [0.15, 0.2) is 0 Å². The fourth-order valence-electron chi connectivity index (χ4n) is 4.72. The number of nitrogens with one attached hydrogen (secondary N) is 3. The molecule has 2 heterocycles. The number of aryl methyl sites for hydroxylation is 1. The lowest BCUT2D eigenvalue weighted by Gasteiger charge is -2.27. The Labute approximate surface area is 308 Å². The van der Waals surface area contributed by atoms with Crippen LogP contribution in [0.15, 0.2) is 72.3 Å². The molecule has 0 aliphatic carbocycles. The number of nitrogens with zero attached hydrogens (tertiary/aromatic N) is 4. The Hall–Kier alpha value is -4.50. The average molecular weight is 698 g/mol. The summed E-state index contributed by atoms with van der Waals surface area (Å²) in [6.45, 7) is 21.9. The second kappa shape index (κ2) is 22.3. The molecule has 0 radical (unpaired) electrons. The second-order valence-corrected chi connectivity index (χ2v) is 14.0. The van der Waals surface area contributed by atoms with E-state index in [0.717, 1.165) is 66.5 Å². The van der Waals surface area contributed by atoms with Gasteiger partial charge in [-0.3, -0.25) is 9.59 Å². The van der Waals surface area contributed by atoms with Crippen molar-refractivity contribution < 1.29 is 9.59 Å². The van der Waals surface area contributed by atoms with E-state index < -0.39 is 0 Å². The lowest BCUT2D eigenvalue weighted by atomic mass is 9.96. The predicted octanol–water partition coefficient (Wildman–Crippen LogP) is 9.80. The Morgan fingerprint density at radius 2 is 1.53 bits per heavy atom. The van der Waals surface area contributed by atoms with Crippen LogP contribution < -0.4 is 20.9 Å². The molecule has 0 saturated carbocycles. The molecule has 51 heavy (non-hydrogen) atoms. The number of aromatic nitrogens is 2. The molecule has 9 nitrogen and oxygen atoms in total. The number of piperidine rings is 1. The minimum atomic E-state index is -0.239. The van der Waals surface area contributed by atoms with Gasteiger partial charge in [-0.25, -0.2) is 4.98 Å². The molecule has 3 N–H and O–H groups in total. The van der Waals surface area contributed by atoms with Crippen molar-refractivity contribution in [2.45, 2.75) is 88.0 Å². The lowest BCUT2D eigenvalue weighted by molar-refractivity contribution is -0.111. The number of carbonyl (C=O) groups excluding carboxylic acids is 2. The number of hydrogen-bond acceptors (Lipinski definition) is 7. The standard InChI is InChI=1S/C30H37N7O2.C7H16.C5H10/c1-21-22(2)31-30(37-18-6-5-7-19-37)35-28(21)33-25-10-8-11-26(20-25)34-29(39)23-13-15-24(16-14-23)32-27(38)12-9-17-36(3)4;1-5-7(4)6(2)3;1-4-5(2)3/h8-16,20H,5-7,17-19H2,1-4H3,(H,32,38)(H,34,39)(H,31,33,35);6-7H,5H2,1-4H3;4H,1-3H3/b12-9+;;. The van der Waals surface area contributed by atoms with Crippen LogP contribution in [0.1, 0.15) is 95.8 Å². The van der Waals surface area contributed by atoms with Crippen molar-refractivity contribution in [3.05, 3.63) is 89.2 Å². The number of amides is 2. The molecule has 1 saturated heterocycles. The van der Waals surface area contributed by atoms with Crippen LogP contribution in [0.2, 0.25) is 0 Å². The SMILES string of the molecule is CC=C(C)C.CCC(C)C(C)C.Cc1nc(N2CCCCC2)nc(Nc2cccc(NC(=O)c3ccc(NC(=O)/C=C/CN(C)C)cc3)c2)c1C. The number of anilines is 5. The molecular formula is C42H63N7O2. The van der Waals surface area contributed by atoms with Crippen molar-refractivity contribution in [2.75, 3.05) is 54.6 Å². The van der Waals surface area contributed by atoms with Crippen LogP contribution in [-0.2, 0) is 4.79 Å². The largest absolute Gasteiger partial charge is 0.341 e. The Morgan fingerprint density at radius 3 is 2.08 bits per heavy atom. The number of carbonyl (C=O) groups is 2. The fraction of sp³-hybridized carbons (Fsp3) is 0.476. The minimum Gasteiger partial charge on any atom is -0.341 e. The predicted molar refractivity (Wildman–Crippen MR) is 217 cm³/mol. The van der Waals surface area contributed by atoms with Crippen molar-refractivity contribution in [2.24, 2.45) is 11.8 Å². The van der Waals surface area contributed by atoms with Gasteiger partial charge in [-0.1, -0.05) is 57.9 Å². The molecule has 2 amide bonds. The summed E-state index contributed by atoms with van der Waals surface area (Å²) in [5, 5.41) is 9.16. The van der Waals surface area contributed by atoms with Gasteiger partial charge in [-0.05, 0) is 122 Å². The molecule has 0 spiro atoms. The summed E-state index contributed by atoms with van der Waals surface area (Å²) in [6, 6.07) is 14.3. The molecule has 0 bridgehead atoms. The molecule has 278 valence electrons. The van der Waals surface area contributed by atoms with Crippen LogP contribution in [-0.4, -0.2) is 60.4 Å². The van der Waals surface area contributed by atoms with Gasteiger partial charge in [-0.2, -0.15) is 4.98 Å². The van der Waals surface area contributed by atoms with Gasteiger partial charge in [-0.15, -0.1) is 0 Å². The Kier molecular flexibility index (Phi) is 18.7. The van der Waals surface area contributed by atoms with Crippen molar-refractivity contribution in [1.29, 1.82) is 0 Å². The third-order valence-corrected chi connectivity index (χ3v) is 8.91. The first kappa shape index (κ1) is 42.7. The molecular weight excluding hydrogens is 635 g/mol. The Morgan fingerprint density at radius 1 is 0.902 bits per heavy atom. The first-order valence-electron chi connectivity index (χ1n) is 18.3. The van der Waals surface area contributed by atoms with Crippen LogP contribution in [0.5, 0.6) is 0 Å². The number of benzene rings is 2. The Bertz CT molecular complexity index is 1570. The van der Waals surface area contributed by atoms with E-state index in [1.807, 2.05) is 64.0 Å². The Balaban J connectivity index is 0.000000645. The lowest BCUT2D eigenvalue weighted by Crippen LogP contribution is -2.31. The topological polar surface area (TPSA) is 102 Å². The fourth-order valence-corrected chi connectivity index (χ4v) is 4.72. The summed E-state index contributed by atoms with van der Waals surface area (Å²) in [7, 11) is 3.87. The maximum Gasteiger partial charge on any atom is 0.255 e. The van der Waals surface area contributed by atoms with Gasteiger partial charge in [0.25, 0.3) is 5.91 Å². The van der Waals surface area contributed by atoms with Crippen molar-refractivity contribution in [3.8, 4) is 0 Å². The van der Waals surface area contributed by atoms with Gasteiger partial charge < -0.3 is 25.8 Å². The van der Waals surface area contributed by atoms with E-state index in [-0.39, 0.29) is 11.8 Å². The van der Waals surface area contributed by atoms with Gasteiger partial charge >= 0.3 is 0 Å². The summed E-state index contributed by atoms with van der Waals surface area (Å²) in [6.07, 6.45) is 10.3. The van der Waals surface area contributed by atoms with Crippen LogP contribution in [0.25, 0.3) is 0 Å².